The van der Waals surface area contributed by atoms with Crippen LogP contribution in [-0.4, -0.2) is 29.5 Å². The third-order valence-corrected chi connectivity index (χ3v) is 3.71. The highest BCUT2D eigenvalue weighted by Crippen LogP contribution is 2.27. The molecule has 2 rings (SSSR count). The minimum absolute atomic E-state index is 0.0797. The van der Waals surface area contributed by atoms with Crippen molar-refractivity contribution in [3.63, 3.8) is 0 Å². The number of para-hydroxylation sites is 2. The number of ether oxygens (including phenoxy) is 2. The summed E-state index contributed by atoms with van der Waals surface area (Å²) in [6.45, 7) is 2.82. The monoisotopic (exact) mass is 372 g/mol. The molecule has 0 heterocycles. The molecule has 27 heavy (non-hydrogen) atoms. The summed E-state index contributed by atoms with van der Waals surface area (Å²) >= 11 is 0. The number of rotatable bonds is 8. The summed E-state index contributed by atoms with van der Waals surface area (Å²) in [5.41, 5.74) is 0.382. The zero-order chi connectivity index (χ0) is 19.8. The van der Waals surface area contributed by atoms with Gasteiger partial charge in [0.2, 0.25) is 0 Å². The third kappa shape index (κ3) is 5.53. The van der Waals surface area contributed by atoms with E-state index in [1.165, 1.54) is 12.1 Å². The summed E-state index contributed by atoms with van der Waals surface area (Å²) in [5.74, 6) is -0.840. The molecule has 0 spiro atoms. The number of nitro groups is 1. The van der Waals surface area contributed by atoms with Gasteiger partial charge in [-0.05, 0) is 31.0 Å². The van der Waals surface area contributed by atoms with Crippen LogP contribution in [0.1, 0.15) is 18.9 Å². The van der Waals surface area contributed by atoms with Gasteiger partial charge < -0.3 is 14.8 Å². The standard InChI is InChI=1S/C19H20N2O6/c1-3-16(27-14-9-5-4-6-10-14)19(23)26-12-17(22)20-18-13(2)8-7-11-15(18)21(24)25/h4-11,16H,3,12H2,1-2H3,(H,20,22)/t16-/m1/s1. The highest BCUT2D eigenvalue weighted by Gasteiger charge is 2.22. The van der Waals surface area contributed by atoms with Gasteiger partial charge in [0.15, 0.2) is 12.7 Å². The van der Waals surface area contributed by atoms with Crippen molar-refractivity contribution in [1.29, 1.82) is 0 Å². The van der Waals surface area contributed by atoms with Gasteiger partial charge in [-0.25, -0.2) is 4.79 Å². The summed E-state index contributed by atoms with van der Waals surface area (Å²) in [6.07, 6.45) is -0.494. The molecular formula is C19H20N2O6. The van der Waals surface area contributed by atoms with Gasteiger partial charge in [-0.2, -0.15) is 0 Å². The lowest BCUT2D eigenvalue weighted by molar-refractivity contribution is -0.384. The Hall–Kier alpha value is -3.42. The molecule has 0 fully saturated rings. The molecule has 0 bridgehead atoms. The van der Waals surface area contributed by atoms with E-state index in [-0.39, 0.29) is 11.4 Å². The molecule has 1 N–H and O–H groups in total. The van der Waals surface area contributed by atoms with E-state index in [1.807, 2.05) is 6.07 Å². The maximum Gasteiger partial charge on any atom is 0.347 e. The summed E-state index contributed by atoms with van der Waals surface area (Å²) in [5, 5.41) is 13.5. The van der Waals surface area contributed by atoms with Crippen LogP contribution >= 0.6 is 0 Å². The number of aryl methyl sites for hydroxylation is 1. The second-order valence-electron chi connectivity index (χ2n) is 5.71. The van der Waals surface area contributed by atoms with Crippen LogP contribution in [0.3, 0.4) is 0 Å². The first kappa shape index (κ1) is 19.9. The number of carbonyl (C=O) groups excluding carboxylic acids is 2. The Morgan fingerprint density at radius 1 is 1.15 bits per heavy atom. The van der Waals surface area contributed by atoms with Crippen LogP contribution in [0.2, 0.25) is 0 Å². The Labute approximate surface area is 156 Å². The zero-order valence-corrected chi connectivity index (χ0v) is 15.0. The fraction of sp³-hybridized carbons (Fsp3) is 0.263. The summed E-state index contributed by atoms with van der Waals surface area (Å²) in [4.78, 5) is 34.7. The summed E-state index contributed by atoms with van der Waals surface area (Å²) < 4.78 is 10.5. The number of nitro benzene ring substituents is 1. The van der Waals surface area contributed by atoms with Gasteiger partial charge in [0.1, 0.15) is 11.4 Å². The molecule has 1 atom stereocenters. The Bertz CT molecular complexity index is 822. The smallest absolute Gasteiger partial charge is 0.347 e. The fourth-order valence-corrected chi connectivity index (χ4v) is 2.33. The number of amides is 1. The lowest BCUT2D eigenvalue weighted by atomic mass is 10.1. The van der Waals surface area contributed by atoms with Crippen LogP contribution in [-0.2, 0) is 14.3 Å². The van der Waals surface area contributed by atoms with Gasteiger partial charge in [-0.1, -0.05) is 37.3 Å². The van der Waals surface area contributed by atoms with E-state index in [1.54, 1.807) is 44.2 Å². The van der Waals surface area contributed by atoms with Crippen LogP contribution in [0.15, 0.2) is 48.5 Å². The maximum atomic E-state index is 12.1. The Kier molecular flexibility index (Phi) is 6.87. The number of hydrogen-bond acceptors (Lipinski definition) is 6. The Morgan fingerprint density at radius 2 is 1.85 bits per heavy atom. The van der Waals surface area contributed by atoms with Crippen LogP contribution < -0.4 is 10.1 Å². The van der Waals surface area contributed by atoms with Gasteiger partial charge in [0.25, 0.3) is 11.6 Å². The molecule has 0 radical (unpaired) electrons. The molecule has 2 aromatic carbocycles. The number of esters is 1. The first-order valence-electron chi connectivity index (χ1n) is 8.34. The molecule has 8 nitrogen and oxygen atoms in total. The first-order chi connectivity index (χ1) is 12.9. The largest absolute Gasteiger partial charge is 0.479 e. The highest BCUT2D eigenvalue weighted by molar-refractivity contribution is 5.95. The van der Waals surface area contributed by atoms with Crippen molar-refractivity contribution < 1.29 is 24.0 Å². The predicted octanol–water partition coefficient (Wildman–Crippen LogP) is 3.24. The van der Waals surface area contributed by atoms with Gasteiger partial charge in [0.05, 0.1) is 4.92 Å². The van der Waals surface area contributed by atoms with Crippen molar-refractivity contribution in [2.75, 3.05) is 11.9 Å². The molecule has 0 saturated carbocycles. The van der Waals surface area contributed by atoms with Crippen molar-refractivity contribution in [3.05, 3.63) is 64.2 Å². The number of carbonyl (C=O) groups is 2. The second kappa shape index (κ2) is 9.33. The summed E-state index contributed by atoms with van der Waals surface area (Å²) in [7, 11) is 0. The lowest BCUT2D eigenvalue weighted by Crippen LogP contribution is -2.31. The van der Waals surface area contributed by atoms with Gasteiger partial charge in [0, 0.05) is 6.07 Å². The zero-order valence-electron chi connectivity index (χ0n) is 15.0. The SMILES string of the molecule is CC[C@@H](Oc1ccccc1)C(=O)OCC(=O)Nc1c(C)cccc1[N+](=O)[O-]. The van der Waals surface area contributed by atoms with Crippen LogP contribution in [0, 0.1) is 17.0 Å². The Balaban J connectivity index is 1.95. The van der Waals surface area contributed by atoms with Crippen molar-refractivity contribution in [2.24, 2.45) is 0 Å². The molecule has 0 aliphatic rings. The molecule has 0 aliphatic carbocycles. The average Bonchev–Trinajstić information content (AvgIpc) is 2.66. The molecule has 2 aromatic rings. The number of nitrogens with zero attached hydrogens (tertiary/aromatic N) is 1. The lowest BCUT2D eigenvalue weighted by Gasteiger charge is -2.16. The van der Waals surface area contributed by atoms with Gasteiger partial charge >= 0.3 is 5.97 Å². The molecule has 0 aliphatic heterocycles. The van der Waals surface area contributed by atoms with E-state index in [0.29, 0.717) is 17.7 Å². The van der Waals surface area contributed by atoms with Crippen molar-refractivity contribution in [2.45, 2.75) is 26.4 Å². The highest BCUT2D eigenvalue weighted by atomic mass is 16.6. The van der Waals surface area contributed by atoms with Gasteiger partial charge in [-0.3, -0.25) is 14.9 Å². The number of anilines is 1. The molecule has 142 valence electrons. The van der Waals surface area contributed by atoms with Crippen molar-refractivity contribution in [1.82, 2.24) is 0 Å². The predicted molar refractivity (Wildman–Crippen MR) is 98.6 cm³/mol. The van der Waals surface area contributed by atoms with Crippen LogP contribution in [0.4, 0.5) is 11.4 Å². The van der Waals surface area contributed by atoms with Crippen LogP contribution in [0.25, 0.3) is 0 Å². The van der Waals surface area contributed by atoms with E-state index in [9.17, 15) is 19.7 Å². The third-order valence-electron chi connectivity index (χ3n) is 3.71. The quantitative estimate of drug-likeness (QED) is 0.433. The minimum Gasteiger partial charge on any atom is -0.479 e. The fourth-order valence-electron chi connectivity index (χ4n) is 2.33. The molecule has 0 aromatic heterocycles. The number of benzene rings is 2. The van der Waals surface area contributed by atoms with E-state index in [2.05, 4.69) is 5.32 Å². The number of nitrogens with one attached hydrogen (secondary N) is 1. The average molecular weight is 372 g/mol. The summed E-state index contributed by atoms with van der Waals surface area (Å²) in [6, 6.07) is 13.2. The van der Waals surface area contributed by atoms with Gasteiger partial charge in [-0.15, -0.1) is 0 Å². The molecule has 8 heteroatoms. The number of hydrogen-bond donors (Lipinski definition) is 1. The van der Waals surface area contributed by atoms with E-state index >= 15 is 0 Å². The minimum atomic E-state index is -0.854. The van der Waals surface area contributed by atoms with E-state index < -0.39 is 29.5 Å². The second-order valence-corrected chi connectivity index (χ2v) is 5.71. The molecule has 1 amide bonds. The normalized spacial score (nSPS) is 11.3. The Morgan fingerprint density at radius 3 is 2.48 bits per heavy atom. The molecule has 0 unspecified atom stereocenters. The van der Waals surface area contributed by atoms with E-state index in [4.69, 9.17) is 9.47 Å². The molecular weight excluding hydrogens is 352 g/mol. The van der Waals surface area contributed by atoms with Crippen molar-refractivity contribution in [3.8, 4) is 5.75 Å². The van der Waals surface area contributed by atoms with E-state index in [0.717, 1.165) is 0 Å². The van der Waals surface area contributed by atoms with Crippen molar-refractivity contribution >= 4 is 23.3 Å². The molecule has 0 saturated heterocycles. The first-order valence-corrected chi connectivity index (χ1v) is 8.34. The maximum absolute atomic E-state index is 12.1. The van der Waals surface area contributed by atoms with Crippen LogP contribution in [0.5, 0.6) is 5.75 Å². The topological polar surface area (TPSA) is 108 Å².